The van der Waals surface area contributed by atoms with E-state index in [-0.39, 0.29) is 0 Å². The molecule has 92 valence electrons. The third kappa shape index (κ3) is 1.99. The van der Waals surface area contributed by atoms with Crippen molar-refractivity contribution in [3.63, 3.8) is 0 Å². The number of rotatable bonds is 1. The van der Waals surface area contributed by atoms with E-state index in [4.69, 9.17) is 0 Å². The maximum atomic E-state index is 13.1. The SMILES string of the molecule is CN1CC[C@@H]2CCN(c3cc(F)ncn3)[C@@H]2C1. The van der Waals surface area contributed by atoms with E-state index < -0.39 is 5.95 Å². The Hall–Kier alpha value is -1.23. The van der Waals surface area contributed by atoms with Crippen molar-refractivity contribution in [1.82, 2.24) is 14.9 Å². The van der Waals surface area contributed by atoms with Crippen LogP contribution in [0.4, 0.5) is 10.2 Å². The van der Waals surface area contributed by atoms with Crippen molar-refractivity contribution in [1.29, 1.82) is 0 Å². The van der Waals surface area contributed by atoms with Gasteiger partial charge in [0.1, 0.15) is 12.1 Å². The predicted octanol–water partition coefficient (Wildman–Crippen LogP) is 1.15. The maximum Gasteiger partial charge on any atom is 0.218 e. The molecule has 4 nitrogen and oxygen atoms in total. The van der Waals surface area contributed by atoms with E-state index in [1.807, 2.05) is 0 Å². The number of hydrogen-bond donors (Lipinski definition) is 0. The molecule has 0 amide bonds. The van der Waals surface area contributed by atoms with Gasteiger partial charge in [-0.05, 0) is 32.4 Å². The summed E-state index contributed by atoms with van der Waals surface area (Å²) in [6.07, 6.45) is 3.75. The maximum absolute atomic E-state index is 13.1. The molecule has 2 aliphatic heterocycles. The van der Waals surface area contributed by atoms with Crippen LogP contribution < -0.4 is 4.90 Å². The van der Waals surface area contributed by atoms with Gasteiger partial charge < -0.3 is 9.80 Å². The first kappa shape index (κ1) is 10.9. The first-order chi connectivity index (χ1) is 8.24. The predicted molar refractivity (Wildman–Crippen MR) is 63.3 cm³/mol. The molecule has 2 atom stereocenters. The number of nitrogens with zero attached hydrogens (tertiary/aromatic N) is 4. The van der Waals surface area contributed by atoms with E-state index in [1.54, 1.807) is 0 Å². The van der Waals surface area contributed by atoms with Crippen LogP contribution in [0.3, 0.4) is 0 Å². The van der Waals surface area contributed by atoms with Gasteiger partial charge in [0, 0.05) is 25.2 Å². The zero-order valence-corrected chi connectivity index (χ0v) is 10.0. The van der Waals surface area contributed by atoms with Crippen LogP contribution in [0.25, 0.3) is 0 Å². The van der Waals surface area contributed by atoms with Crippen LogP contribution in [0, 0.1) is 11.9 Å². The summed E-state index contributed by atoms with van der Waals surface area (Å²) in [4.78, 5) is 12.3. The van der Waals surface area contributed by atoms with Crippen LogP contribution in [-0.2, 0) is 0 Å². The Kier molecular flexibility index (Phi) is 2.70. The highest BCUT2D eigenvalue weighted by molar-refractivity contribution is 5.40. The van der Waals surface area contributed by atoms with Crippen LogP contribution >= 0.6 is 0 Å². The van der Waals surface area contributed by atoms with Gasteiger partial charge in [-0.3, -0.25) is 0 Å². The summed E-state index contributed by atoms with van der Waals surface area (Å²) < 4.78 is 13.1. The van der Waals surface area contributed by atoms with Gasteiger partial charge in [-0.25, -0.2) is 9.97 Å². The summed E-state index contributed by atoms with van der Waals surface area (Å²) in [5.41, 5.74) is 0. The minimum atomic E-state index is -0.442. The smallest absolute Gasteiger partial charge is 0.218 e. The molecule has 1 aromatic rings. The third-order valence-electron chi connectivity index (χ3n) is 3.98. The number of likely N-dealkylation sites (tertiary alicyclic amines) is 1. The number of aromatic nitrogens is 2. The molecular weight excluding hydrogens is 219 g/mol. The third-order valence-corrected chi connectivity index (χ3v) is 3.98. The molecule has 3 heterocycles. The summed E-state index contributed by atoms with van der Waals surface area (Å²) in [5.74, 6) is 1.03. The first-order valence-electron chi connectivity index (χ1n) is 6.17. The zero-order valence-electron chi connectivity index (χ0n) is 10.0. The summed E-state index contributed by atoms with van der Waals surface area (Å²) in [5, 5.41) is 0. The average Bonchev–Trinajstić information content (AvgIpc) is 2.71. The van der Waals surface area contributed by atoms with Crippen LogP contribution in [0.5, 0.6) is 0 Å². The summed E-state index contributed by atoms with van der Waals surface area (Å²) >= 11 is 0. The minimum absolute atomic E-state index is 0.442. The highest BCUT2D eigenvalue weighted by Gasteiger charge is 2.38. The van der Waals surface area contributed by atoms with Crippen molar-refractivity contribution in [2.24, 2.45) is 5.92 Å². The Morgan fingerprint density at radius 1 is 1.29 bits per heavy atom. The largest absolute Gasteiger partial charge is 0.352 e. The number of piperidine rings is 1. The van der Waals surface area contributed by atoms with Crippen molar-refractivity contribution in [2.45, 2.75) is 18.9 Å². The number of halogens is 1. The van der Waals surface area contributed by atoms with Gasteiger partial charge in [-0.15, -0.1) is 0 Å². The lowest BCUT2D eigenvalue weighted by Crippen LogP contribution is -2.46. The molecule has 2 saturated heterocycles. The second-order valence-electron chi connectivity index (χ2n) is 5.06. The quantitative estimate of drug-likeness (QED) is 0.685. The van der Waals surface area contributed by atoms with E-state index in [2.05, 4.69) is 26.8 Å². The standard InChI is InChI=1S/C12H17FN4/c1-16-4-2-9-3-5-17(10(9)7-16)12-6-11(13)14-8-15-12/h6,8-10H,2-5,7H2,1H3/t9-,10-/m1/s1. The van der Waals surface area contributed by atoms with Crippen LogP contribution in [-0.4, -0.2) is 47.6 Å². The number of likely N-dealkylation sites (N-methyl/N-ethyl adjacent to an activating group) is 1. The van der Waals surface area contributed by atoms with Gasteiger partial charge in [0.05, 0.1) is 0 Å². The van der Waals surface area contributed by atoms with Gasteiger partial charge >= 0.3 is 0 Å². The molecule has 2 aliphatic rings. The number of fused-ring (bicyclic) bond motifs is 1. The van der Waals surface area contributed by atoms with E-state index >= 15 is 0 Å². The molecule has 0 unspecified atom stereocenters. The molecule has 17 heavy (non-hydrogen) atoms. The highest BCUT2D eigenvalue weighted by Crippen LogP contribution is 2.33. The molecule has 0 aromatic carbocycles. The van der Waals surface area contributed by atoms with Crippen molar-refractivity contribution in [3.8, 4) is 0 Å². The number of hydrogen-bond acceptors (Lipinski definition) is 4. The summed E-state index contributed by atoms with van der Waals surface area (Å²) in [6, 6.07) is 1.93. The lowest BCUT2D eigenvalue weighted by molar-refractivity contribution is 0.207. The molecule has 0 N–H and O–H groups in total. The van der Waals surface area contributed by atoms with Crippen LogP contribution in [0.1, 0.15) is 12.8 Å². The lowest BCUT2D eigenvalue weighted by atomic mass is 9.92. The van der Waals surface area contributed by atoms with Gasteiger partial charge in [-0.1, -0.05) is 0 Å². The molecule has 0 aliphatic carbocycles. The Morgan fingerprint density at radius 3 is 2.94 bits per heavy atom. The molecule has 0 bridgehead atoms. The fraction of sp³-hybridized carbons (Fsp3) is 0.667. The Labute approximate surface area is 100 Å². The monoisotopic (exact) mass is 236 g/mol. The second kappa shape index (κ2) is 4.22. The van der Waals surface area contributed by atoms with E-state index in [9.17, 15) is 4.39 Å². The normalized spacial score (nSPS) is 29.4. The minimum Gasteiger partial charge on any atom is -0.352 e. The van der Waals surface area contributed by atoms with Crippen LogP contribution in [0.15, 0.2) is 12.4 Å². The molecule has 3 rings (SSSR count). The van der Waals surface area contributed by atoms with Crippen LogP contribution in [0.2, 0.25) is 0 Å². The zero-order chi connectivity index (χ0) is 11.8. The Bertz CT molecular complexity index is 411. The molecule has 0 saturated carbocycles. The van der Waals surface area contributed by atoms with E-state index in [1.165, 1.54) is 31.8 Å². The van der Waals surface area contributed by atoms with Crippen molar-refractivity contribution in [2.75, 3.05) is 31.6 Å². The van der Waals surface area contributed by atoms with Gasteiger partial charge in [-0.2, -0.15) is 4.39 Å². The fourth-order valence-electron chi connectivity index (χ4n) is 3.06. The fourth-order valence-corrected chi connectivity index (χ4v) is 3.06. The number of anilines is 1. The van der Waals surface area contributed by atoms with E-state index in [0.717, 1.165) is 24.8 Å². The van der Waals surface area contributed by atoms with Gasteiger partial charge in [0.25, 0.3) is 0 Å². The lowest BCUT2D eigenvalue weighted by Gasteiger charge is -2.37. The molecule has 2 fully saturated rings. The summed E-state index contributed by atoms with van der Waals surface area (Å²) in [7, 11) is 2.15. The second-order valence-corrected chi connectivity index (χ2v) is 5.06. The van der Waals surface area contributed by atoms with Crippen molar-refractivity contribution < 1.29 is 4.39 Å². The van der Waals surface area contributed by atoms with Crippen molar-refractivity contribution >= 4 is 5.82 Å². The van der Waals surface area contributed by atoms with Gasteiger partial charge in [0.2, 0.25) is 5.95 Å². The van der Waals surface area contributed by atoms with E-state index in [0.29, 0.717) is 6.04 Å². The van der Waals surface area contributed by atoms with Crippen molar-refractivity contribution in [3.05, 3.63) is 18.3 Å². The molecule has 0 radical (unpaired) electrons. The first-order valence-corrected chi connectivity index (χ1v) is 6.17. The molecular formula is C12H17FN4. The molecule has 1 aromatic heterocycles. The van der Waals surface area contributed by atoms with Gasteiger partial charge in [0.15, 0.2) is 0 Å². The topological polar surface area (TPSA) is 32.3 Å². The average molecular weight is 236 g/mol. The Morgan fingerprint density at radius 2 is 2.12 bits per heavy atom. The summed E-state index contributed by atoms with van der Waals surface area (Å²) in [6.45, 7) is 3.21. The Balaban J connectivity index is 1.84. The highest BCUT2D eigenvalue weighted by atomic mass is 19.1. The molecule has 5 heteroatoms. The molecule has 0 spiro atoms.